The van der Waals surface area contributed by atoms with Gasteiger partial charge in [-0.15, -0.1) is 5.10 Å². The molecule has 1 aromatic carbocycles. The molecule has 0 unspecified atom stereocenters. The number of ether oxygens (including phenoxy) is 2. The molecule has 3 N–H and O–H groups in total. The van der Waals surface area contributed by atoms with E-state index in [1.54, 1.807) is 24.3 Å². The lowest BCUT2D eigenvalue weighted by Gasteiger charge is -2.57. The van der Waals surface area contributed by atoms with Crippen LogP contribution in [-0.2, 0) is 28.9 Å². The number of aromatic nitrogens is 2. The Kier molecular flexibility index (Phi) is 11.4. The number of nitrogens with one attached hydrogen (secondary N) is 3. The second kappa shape index (κ2) is 14.8. The fourth-order valence-electron chi connectivity index (χ4n) is 5.66. The van der Waals surface area contributed by atoms with Gasteiger partial charge in [0, 0.05) is 48.9 Å². The Morgan fingerprint density at radius 3 is 2.02 bits per heavy atom. The highest BCUT2D eigenvalue weighted by Gasteiger charge is 2.53. The Bertz CT molecular complexity index is 1420. The van der Waals surface area contributed by atoms with Crippen LogP contribution in [0.2, 0.25) is 0 Å². The molecule has 1 heterocycles. The average Bonchev–Trinajstić information content (AvgIpc) is 3.44. The summed E-state index contributed by atoms with van der Waals surface area (Å²) in [6.07, 6.45) is 6.66. The van der Waals surface area contributed by atoms with Gasteiger partial charge < -0.3 is 29.8 Å². The largest absolute Gasteiger partial charge is 0.408 e. The summed E-state index contributed by atoms with van der Waals surface area (Å²) in [5.41, 5.74) is 1.34. The molecule has 0 bridgehead atoms. The van der Waals surface area contributed by atoms with Crippen LogP contribution in [0.3, 0.4) is 0 Å². The van der Waals surface area contributed by atoms with Crippen LogP contribution < -0.4 is 16.0 Å². The first-order chi connectivity index (χ1) is 21.2. The van der Waals surface area contributed by atoms with Gasteiger partial charge in [0.2, 0.25) is 27.5 Å². The quantitative estimate of drug-likeness (QED) is 0.229. The van der Waals surface area contributed by atoms with E-state index in [2.05, 4.69) is 46.9 Å². The zero-order chi connectivity index (χ0) is 32.7. The molecule has 45 heavy (non-hydrogen) atoms. The van der Waals surface area contributed by atoms with Crippen molar-refractivity contribution in [2.45, 2.75) is 83.0 Å². The van der Waals surface area contributed by atoms with Crippen LogP contribution in [0.25, 0.3) is 11.5 Å². The van der Waals surface area contributed by atoms with Crippen LogP contribution >= 0.6 is 0 Å². The number of carbonyl (C=O) groups excluding carboxylic acids is 3. The Morgan fingerprint density at radius 2 is 1.47 bits per heavy atom. The third-order valence-electron chi connectivity index (χ3n) is 8.05. The molecule has 0 saturated heterocycles. The zero-order valence-corrected chi connectivity index (χ0v) is 27.3. The second-order valence-electron chi connectivity index (χ2n) is 13.4. The molecule has 4 rings (SSSR count). The van der Waals surface area contributed by atoms with Crippen LogP contribution in [0.1, 0.15) is 76.1 Å². The van der Waals surface area contributed by atoms with Crippen molar-refractivity contribution in [3.63, 3.8) is 0 Å². The van der Waals surface area contributed by atoms with Gasteiger partial charge in [0.25, 0.3) is 5.91 Å². The first-order valence-corrected chi connectivity index (χ1v) is 17.3. The maximum Gasteiger partial charge on any atom is 0.335 e. The molecule has 2 saturated carbocycles. The number of benzene rings is 1. The smallest absolute Gasteiger partial charge is 0.335 e. The van der Waals surface area contributed by atoms with Gasteiger partial charge in [-0.2, -0.15) is 0 Å². The number of hydrogen-bond acceptors (Lipinski definition) is 10. The molecule has 0 radical (unpaired) electrons. The van der Waals surface area contributed by atoms with Gasteiger partial charge in [0.1, 0.15) is 0 Å². The Morgan fingerprint density at radius 1 is 0.889 bits per heavy atom. The normalized spacial score (nSPS) is 21.1. The van der Waals surface area contributed by atoms with Crippen LogP contribution in [-0.4, -0.2) is 87.6 Å². The molecular weight excluding hydrogens is 602 g/mol. The van der Waals surface area contributed by atoms with E-state index in [1.807, 2.05) is 0 Å². The van der Waals surface area contributed by atoms with E-state index < -0.39 is 15.1 Å². The highest BCUT2D eigenvalue weighted by Crippen LogP contribution is 2.55. The first kappa shape index (κ1) is 34.5. The van der Waals surface area contributed by atoms with Gasteiger partial charge >= 0.3 is 5.22 Å². The summed E-state index contributed by atoms with van der Waals surface area (Å²) >= 11 is 0. The molecule has 0 aliphatic heterocycles. The lowest BCUT2D eigenvalue weighted by molar-refractivity contribution is -0.128. The third-order valence-corrected chi connectivity index (χ3v) is 8.84. The highest BCUT2D eigenvalue weighted by atomic mass is 32.2. The van der Waals surface area contributed by atoms with Crippen LogP contribution in [0.4, 0.5) is 0 Å². The summed E-state index contributed by atoms with van der Waals surface area (Å²) in [4.78, 5) is 36.8. The highest BCUT2D eigenvalue weighted by molar-refractivity contribution is 7.90. The van der Waals surface area contributed by atoms with Crippen molar-refractivity contribution < 1.29 is 36.7 Å². The van der Waals surface area contributed by atoms with Gasteiger partial charge in [0.15, 0.2) is 0 Å². The summed E-state index contributed by atoms with van der Waals surface area (Å²) in [7, 11) is -3.60. The molecule has 1 aromatic heterocycles. The number of nitrogens with zero attached hydrogens (tertiary/aromatic N) is 2. The molecule has 2 aromatic rings. The molecular formula is C31H45N5O8S. The lowest BCUT2D eigenvalue weighted by Crippen LogP contribution is -2.61. The molecule has 14 heteroatoms. The number of hydrogen-bond donors (Lipinski definition) is 3. The molecule has 13 nitrogen and oxygen atoms in total. The second-order valence-corrected chi connectivity index (χ2v) is 15.3. The maximum atomic E-state index is 12.4. The minimum absolute atomic E-state index is 0.0198. The lowest BCUT2D eigenvalue weighted by atomic mass is 9.52. The van der Waals surface area contributed by atoms with Crippen molar-refractivity contribution in [3.05, 3.63) is 29.8 Å². The van der Waals surface area contributed by atoms with E-state index in [1.165, 1.54) is 0 Å². The first-order valence-electron chi connectivity index (χ1n) is 15.4. The van der Waals surface area contributed by atoms with Gasteiger partial charge in [-0.1, -0.05) is 25.9 Å². The fourth-order valence-corrected chi connectivity index (χ4v) is 6.08. The summed E-state index contributed by atoms with van der Waals surface area (Å²) in [6, 6.07) is 6.80. The predicted octanol–water partition coefficient (Wildman–Crippen LogP) is 2.66. The fraction of sp³-hybridized carbons (Fsp3) is 0.645. The van der Waals surface area contributed by atoms with Crippen LogP contribution in [0.5, 0.6) is 0 Å². The maximum absolute atomic E-state index is 12.4. The van der Waals surface area contributed by atoms with Crippen molar-refractivity contribution in [2.24, 2.45) is 10.8 Å². The van der Waals surface area contributed by atoms with Gasteiger partial charge in [0.05, 0.1) is 26.4 Å². The van der Waals surface area contributed by atoms with E-state index in [0.29, 0.717) is 50.5 Å². The third kappa shape index (κ3) is 10.6. The number of rotatable bonds is 16. The number of carbonyl (C=O) groups is 3. The van der Waals surface area contributed by atoms with Crippen molar-refractivity contribution >= 4 is 27.6 Å². The van der Waals surface area contributed by atoms with Crippen molar-refractivity contribution in [3.8, 4) is 11.5 Å². The van der Waals surface area contributed by atoms with E-state index in [9.17, 15) is 22.8 Å². The summed E-state index contributed by atoms with van der Waals surface area (Å²) in [5.74, 6) is -0.123. The van der Waals surface area contributed by atoms with E-state index in [0.717, 1.165) is 38.4 Å². The molecule has 0 atom stereocenters. The summed E-state index contributed by atoms with van der Waals surface area (Å²) in [6.45, 7) is 8.02. The predicted molar refractivity (Wildman–Crippen MR) is 165 cm³/mol. The Labute approximate surface area is 264 Å². The molecule has 1 spiro atoms. The molecule has 2 aliphatic carbocycles. The average molecular weight is 648 g/mol. The van der Waals surface area contributed by atoms with E-state index in [4.69, 9.17) is 13.9 Å². The van der Waals surface area contributed by atoms with Crippen molar-refractivity contribution in [2.75, 3.05) is 39.2 Å². The molecule has 2 fully saturated rings. The standard InChI is InChI=1S/C31H45N5O8S/c1-30(2,3)11-9-25(37)33-23-17-31(18-23)19-24(20-31)34-26(38)10-13-42-15-16-43-14-12-32-27(39)21-5-7-22(8-6-21)28-35-36-29(44-28)45(4,40)41/h5-8,23-24H,9-20H2,1-4H3,(H,32,39)(H,33,37)(H,34,38). The SMILES string of the molecule is CC(C)(C)CCC(=O)NC1CC2(CC(NC(=O)CCOCCOCCNC(=O)c3ccc(-c4nnc(S(C)(=O)=O)o4)cc3)C2)C1. The Balaban J connectivity index is 0.974. The van der Waals surface area contributed by atoms with Crippen LogP contribution in [0.15, 0.2) is 33.9 Å². The molecule has 2 aliphatic rings. The van der Waals surface area contributed by atoms with Crippen molar-refractivity contribution in [1.29, 1.82) is 0 Å². The van der Waals surface area contributed by atoms with E-state index >= 15 is 0 Å². The minimum atomic E-state index is -3.60. The number of sulfone groups is 1. The minimum Gasteiger partial charge on any atom is -0.408 e. The van der Waals surface area contributed by atoms with Gasteiger partial charge in [-0.25, -0.2) is 8.42 Å². The zero-order valence-electron chi connectivity index (χ0n) is 26.5. The topological polar surface area (TPSA) is 179 Å². The molecule has 248 valence electrons. The van der Waals surface area contributed by atoms with Gasteiger partial charge in [-0.05, 0) is 67.2 Å². The molecule has 3 amide bonds. The summed E-state index contributed by atoms with van der Waals surface area (Å²) in [5, 5.41) is 15.8. The Hall–Kier alpha value is -3.36. The van der Waals surface area contributed by atoms with Crippen LogP contribution in [0, 0.1) is 10.8 Å². The van der Waals surface area contributed by atoms with Gasteiger partial charge in [-0.3, -0.25) is 14.4 Å². The van der Waals surface area contributed by atoms with Crippen molar-refractivity contribution in [1.82, 2.24) is 26.1 Å². The summed E-state index contributed by atoms with van der Waals surface area (Å²) < 4.78 is 39.1. The van der Waals surface area contributed by atoms with E-state index in [-0.39, 0.29) is 52.9 Å². The number of amides is 3. The monoisotopic (exact) mass is 647 g/mol.